The summed E-state index contributed by atoms with van der Waals surface area (Å²) < 4.78 is 1.11. The van der Waals surface area contributed by atoms with Crippen LogP contribution in [0.3, 0.4) is 0 Å². The number of hydrogen-bond acceptors (Lipinski definition) is 1. The van der Waals surface area contributed by atoms with Crippen molar-refractivity contribution in [3.8, 4) is 0 Å². The first kappa shape index (κ1) is 11.7. The Kier molecular flexibility index (Phi) is 5.20. The molecule has 0 bridgehead atoms. The fraction of sp³-hybridized carbons (Fsp3) is 0.500. The lowest BCUT2D eigenvalue weighted by molar-refractivity contribution is 0.581. The van der Waals surface area contributed by atoms with Gasteiger partial charge >= 0.3 is 0 Å². The van der Waals surface area contributed by atoms with Crippen molar-refractivity contribution in [2.75, 3.05) is 0 Å². The molecule has 0 fully saturated rings. The van der Waals surface area contributed by atoms with Gasteiger partial charge in [0.05, 0.1) is 0 Å². The Bertz CT molecular complexity index is 256. The van der Waals surface area contributed by atoms with Crippen molar-refractivity contribution in [2.24, 2.45) is 5.73 Å². The highest BCUT2D eigenvalue weighted by Crippen LogP contribution is 2.19. The SMILES string of the molecule is CCCCC[C@@H](N)c1ccc(Br)cc1. The highest BCUT2D eigenvalue weighted by Gasteiger charge is 2.04. The maximum Gasteiger partial charge on any atom is 0.0294 e. The maximum atomic E-state index is 6.07. The predicted molar refractivity (Wildman–Crippen MR) is 65.2 cm³/mol. The van der Waals surface area contributed by atoms with Gasteiger partial charge in [0, 0.05) is 10.5 Å². The number of unbranched alkanes of at least 4 members (excludes halogenated alkanes) is 2. The molecule has 0 aliphatic heterocycles. The zero-order valence-corrected chi connectivity index (χ0v) is 10.3. The second kappa shape index (κ2) is 6.20. The van der Waals surface area contributed by atoms with E-state index in [1.807, 2.05) is 0 Å². The zero-order chi connectivity index (χ0) is 10.4. The van der Waals surface area contributed by atoms with E-state index in [4.69, 9.17) is 5.73 Å². The van der Waals surface area contributed by atoms with E-state index >= 15 is 0 Å². The second-order valence-electron chi connectivity index (χ2n) is 3.65. The fourth-order valence-corrected chi connectivity index (χ4v) is 1.76. The molecule has 0 aliphatic carbocycles. The monoisotopic (exact) mass is 255 g/mol. The van der Waals surface area contributed by atoms with E-state index in [9.17, 15) is 0 Å². The van der Waals surface area contributed by atoms with E-state index in [1.54, 1.807) is 0 Å². The Morgan fingerprint density at radius 3 is 2.43 bits per heavy atom. The number of benzene rings is 1. The molecule has 78 valence electrons. The van der Waals surface area contributed by atoms with Gasteiger partial charge in [-0.3, -0.25) is 0 Å². The van der Waals surface area contributed by atoms with Crippen LogP contribution in [0.2, 0.25) is 0 Å². The second-order valence-corrected chi connectivity index (χ2v) is 4.57. The molecular weight excluding hydrogens is 238 g/mol. The van der Waals surface area contributed by atoms with Gasteiger partial charge in [-0.1, -0.05) is 54.2 Å². The Labute approximate surface area is 94.8 Å². The molecule has 0 aliphatic rings. The van der Waals surface area contributed by atoms with Crippen LogP contribution in [0.4, 0.5) is 0 Å². The molecule has 0 spiro atoms. The van der Waals surface area contributed by atoms with Crippen LogP contribution in [0.25, 0.3) is 0 Å². The third-order valence-electron chi connectivity index (χ3n) is 2.42. The summed E-state index contributed by atoms with van der Waals surface area (Å²) in [6, 6.07) is 8.50. The van der Waals surface area contributed by atoms with Gasteiger partial charge in [0.1, 0.15) is 0 Å². The van der Waals surface area contributed by atoms with E-state index in [2.05, 4.69) is 47.1 Å². The molecule has 0 aromatic heterocycles. The molecule has 0 unspecified atom stereocenters. The molecule has 0 heterocycles. The minimum atomic E-state index is 0.203. The minimum Gasteiger partial charge on any atom is -0.324 e. The summed E-state index contributed by atoms with van der Waals surface area (Å²) in [5.41, 5.74) is 7.31. The first-order valence-electron chi connectivity index (χ1n) is 5.25. The molecule has 1 aromatic carbocycles. The summed E-state index contributed by atoms with van der Waals surface area (Å²) in [4.78, 5) is 0. The van der Waals surface area contributed by atoms with Gasteiger partial charge in [-0.2, -0.15) is 0 Å². The lowest BCUT2D eigenvalue weighted by atomic mass is 10.0. The first-order chi connectivity index (χ1) is 6.74. The predicted octanol–water partition coefficient (Wildman–Crippen LogP) is 4.03. The molecule has 2 N–H and O–H groups in total. The first-order valence-corrected chi connectivity index (χ1v) is 6.04. The molecule has 1 rings (SSSR count). The summed E-state index contributed by atoms with van der Waals surface area (Å²) in [6.07, 6.45) is 4.86. The van der Waals surface area contributed by atoms with E-state index in [-0.39, 0.29) is 6.04 Å². The topological polar surface area (TPSA) is 26.0 Å². The third-order valence-corrected chi connectivity index (χ3v) is 2.95. The van der Waals surface area contributed by atoms with Crippen LogP contribution in [0.15, 0.2) is 28.7 Å². The molecule has 0 radical (unpaired) electrons. The summed E-state index contributed by atoms with van der Waals surface area (Å²) in [5.74, 6) is 0. The Morgan fingerprint density at radius 1 is 1.21 bits per heavy atom. The molecule has 0 saturated heterocycles. The fourth-order valence-electron chi connectivity index (χ4n) is 1.49. The summed E-state index contributed by atoms with van der Waals surface area (Å²) in [7, 11) is 0. The van der Waals surface area contributed by atoms with Crippen molar-refractivity contribution < 1.29 is 0 Å². The van der Waals surface area contributed by atoms with Crippen LogP contribution in [-0.4, -0.2) is 0 Å². The van der Waals surface area contributed by atoms with Crippen LogP contribution >= 0.6 is 15.9 Å². The van der Waals surface area contributed by atoms with Gasteiger partial charge in [0.25, 0.3) is 0 Å². The smallest absolute Gasteiger partial charge is 0.0294 e. The number of hydrogen-bond donors (Lipinski definition) is 1. The number of rotatable bonds is 5. The van der Waals surface area contributed by atoms with Crippen LogP contribution in [0, 0.1) is 0 Å². The number of halogens is 1. The molecule has 1 nitrogen and oxygen atoms in total. The molecule has 14 heavy (non-hydrogen) atoms. The number of nitrogens with two attached hydrogens (primary N) is 1. The Hall–Kier alpha value is -0.340. The summed E-state index contributed by atoms with van der Waals surface area (Å²) in [6.45, 7) is 2.21. The largest absolute Gasteiger partial charge is 0.324 e. The van der Waals surface area contributed by atoms with Crippen molar-refractivity contribution in [1.29, 1.82) is 0 Å². The lowest BCUT2D eigenvalue weighted by Crippen LogP contribution is -2.09. The molecule has 2 heteroatoms. The van der Waals surface area contributed by atoms with Crippen molar-refractivity contribution >= 4 is 15.9 Å². The van der Waals surface area contributed by atoms with Gasteiger partial charge in [0.2, 0.25) is 0 Å². The highest BCUT2D eigenvalue weighted by molar-refractivity contribution is 9.10. The van der Waals surface area contributed by atoms with Crippen LogP contribution in [0.1, 0.15) is 44.2 Å². The van der Waals surface area contributed by atoms with Crippen molar-refractivity contribution in [3.63, 3.8) is 0 Å². The van der Waals surface area contributed by atoms with E-state index in [0.717, 1.165) is 10.9 Å². The van der Waals surface area contributed by atoms with Gasteiger partial charge in [-0.15, -0.1) is 0 Å². The summed E-state index contributed by atoms with van der Waals surface area (Å²) in [5, 5.41) is 0. The molecule has 0 saturated carbocycles. The Balaban J connectivity index is 2.43. The third kappa shape index (κ3) is 3.81. The van der Waals surface area contributed by atoms with Crippen molar-refractivity contribution in [3.05, 3.63) is 34.3 Å². The summed E-state index contributed by atoms with van der Waals surface area (Å²) >= 11 is 3.42. The van der Waals surface area contributed by atoms with E-state index in [0.29, 0.717) is 0 Å². The zero-order valence-electron chi connectivity index (χ0n) is 8.67. The highest BCUT2D eigenvalue weighted by atomic mass is 79.9. The van der Waals surface area contributed by atoms with Crippen molar-refractivity contribution in [2.45, 2.75) is 38.6 Å². The van der Waals surface area contributed by atoms with E-state index < -0.39 is 0 Å². The van der Waals surface area contributed by atoms with Gasteiger partial charge in [0.15, 0.2) is 0 Å². The normalized spacial score (nSPS) is 12.8. The van der Waals surface area contributed by atoms with Crippen LogP contribution in [0.5, 0.6) is 0 Å². The standard InChI is InChI=1S/C12H18BrN/c1-2-3-4-5-12(14)10-6-8-11(13)9-7-10/h6-9,12H,2-5,14H2,1H3/t12-/m1/s1. The molecule has 1 aromatic rings. The van der Waals surface area contributed by atoms with Crippen LogP contribution in [-0.2, 0) is 0 Å². The van der Waals surface area contributed by atoms with Gasteiger partial charge in [-0.25, -0.2) is 0 Å². The average Bonchev–Trinajstić information content (AvgIpc) is 2.19. The molecular formula is C12H18BrN. The molecule has 0 amide bonds. The van der Waals surface area contributed by atoms with E-state index in [1.165, 1.54) is 24.8 Å². The van der Waals surface area contributed by atoms with Crippen molar-refractivity contribution in [1.82, 2.24) is 0 Å². The van der Waals surface area contributed by atoms with Gasteiger partial charge < -0.3 is 5.73 Å². The average molecular weight is 256 g/mol. The molecule has 1 atom stereocenters. The Morgan fingerprint density at radius 2 is 1.86 bits per heavy atom. The lowest BCUT2D eigenvalue weighted by Gasteiger charge is -2.11. The minimum absolute atomic E-state index is 0.203. The maximum absolute atomic E-state index is 6.07. The van der Waals surface area contributed by atoms with Gasteiger partial charge in [-0.05, 0) is 24.1 Å². The van der Waals surface area contributed by atoms with Crippen LogP contribution < -0.4 is 5.73 Å². The quantitative estimate of drug-likeness (QED) is 0.791.